The van der Waals surface area contributed by atoms with Gasteiger partial charge in [-0.2, -0.15) is 0 Å². The zero-order valence-electron chi connectivity index (χ0n) is 13.7. The van der Waals surface area contributed by atoms with Gasteiger partial charge in [-0.25, -0.2) is 15.4 Å². The highest BCUT2D eigenvalue weighted by Gasteiger charge is 2.45. The third kappa shape index (κ3) is 2.21. The molecule has 0 saturated carbocycles. The molecule has 5 rings (SSSR count). The number of carbonyl (C=O) groups excluding carboxylic acids is 1. The van der Waals surface area contributed by atoms with Gasteiger partial charge in [-0.05, 0) is 18.6 Å². The van der Waals surface area contributed by atoms with E-state index in [4.69, 9.17) is 9.73 Å². The number of hydrogen-bond donors (Lipinski definition) is 2. The number of nitrogens with zero attached hydrogens (tertiary/aromatic N) is 5. The summed E-state index contributed by atoms with van der Waals surface area (Å²) in [5.41, 5.74) is 2.59. The lowest BCUT2D eigenvalue weighted by molar-refractivity contribution is 0.0705. The van der Waals surface area contributed by atoms with Gasteiger partial charge >= 0.3 is 0 Å². The van der Waals surface area contributed by atoms with Gasteiger partial charge in [0, 0.05) is 25.5 Å². The van der Waals surface area contributed by atoms with E-state index in [1.165, 1.54) is 12.4 Å². The molecule has 2 aromatic heterocycles. The fraction of sp³-hybridized carbons (Fsp3) is 0.294. The minimum absolute atomic E-state index is 0.219. The van der Waals surface area contributed by atoms with Crippen LogP contribution in [-0.4, -0.2) is 51.4 Å². The van der Waals surface area contributed by atoms with Crippen molar-refractivity contribution in [3.63, 3.8) is 0 Å². The Morgan fingerprint density at radius 2 is 1.88 bits per heavy atom. The van der Waals surface area contributed by atoms with Crippen LogP contribution in [0.4, 0.5) is 11.8 Å². The van der Waals surface area contributed by atoms with Gasteiger partial charge in [-0.3, -0.25) is 10.0 Å². The third-order valence-electron chi connectivity index (χ3n) is 5.13. The fourth-order valence-corrected chi connectivity index (χ4v) is 3.90. The Bertz CT molecular complexity index is 972. The molecule has 0 radical (unpaired) electrons. The number of anilines is 2. The maximum absolute atomic E-state index is 11.4. The molecular weight excluding hydrogens is 336 g/mol. The standard InChI is InChI=1S/C17H16N6O3/c24-16(20-25)10-6-18-17(19-7-10)23-9-11-5-12(23)8-22(11)15-13-3-1-2-4-14(13)26-21-15/h1-4,6-7,11-12,25H,5,8-9H2,(H,20,24). The highest BCUT2D eigenvalue weighted by atomic mass is 16.5. The molecule has 132 valence electrons. The molecule has 1 amide bonds. The molecule has 2 bridgehead atoms. The Kier molecular flexibility index (Phi) is 3.29. The first kappa shape index (κ1) is 15.1. The second-order valence-corrected chi connectivity index (χ2v) is 6.56. The van der Waals surface area contributed by atoms with Crippen LogP contribution in [0, 0.1) is 0 Å². The Balaban J connectivity index is 1.36. The number of carbonyl (C=O) groups is 1. The van der Waals surface area contributed by atoms with Crippen molar-refractivity contribution in [2.75, 3.05) is 22.9 Å². The number of hydrogen-bond acceptors (Lipinski definition) is 8. The average Bonchev–Trinajstić information content (AvgIpc) is 3.40. The van der Waals surface area contributed by atoms with E-state index in [9.17, 15) is 4.79 Å². The van der Waals surface area contributed by atoms with Crippen LogP contribution in [0.2, 0.25) is 0 Å². The monoisotopic (exact) mass is 352 g/mol. The lowest BCUT2D eigenvalue weighted by Gasteiger charge is -2.34. The molecule has 4 heterocycles. The topological polar surface area (TPSA) is 108 Å². The van der Waals surface area contributed by atoms with Gasteiger partial charge in [-0.15, -0.1) is 0 Å². The SMILES string of the molecule is O=C(NO)c1cnc(N2CC3CC2CN3c2noc3ccccc23)nc1. The van der Waals surface area contributed by atoms with Crippen LogP contribution >= 0.6 is 0 Å². The van der Waals surface area contributed by atoms with E-state index in [0.29, 0.717) is 12.0 Å². The number of amides is 1. The average molecular weight is 352 g/mol. The smallest absolute Gasteiger partial charge is 0.277 e. The van der Waals surface area contributed by atoms with E-state index in [2.05, 4.69) is 24.9 Å². The second kappa shape index (κ2) is 5.67. The number of piperazine rings is 1. The lowest BCUT2D eigenvalue weighted by atomic mass is 10.2. The van der Waals surface area contributed by atoms with Crippen LogP contribution < -0.4 is 15.3 Å². The van der Waals surface area contributed by atoms with E-state index >= 15 is 0 Å². The number of rotatable bonds is 3. The van der Waals surface area contributed by atoms with Crippen molar-refractivity contribution in [1.82, 2.24) is 20.6 Å². The molecule has 9 heteroatoms. The molecule has 9 nitrogen and oxygen atoms in total. The summed E-state index contributed by atoms with van der Waals surface area (Å²) in [4.78, 5) is 24.4. The van der Waals surface area contributed by atoms with Gasteiger partial charge in [0.15, 0.2) is 11.4 Å². The number of nitrogens with one attached hydrogen (secondary N) is 1. The van der Waals surface area contributed by atoms with E-state index in [1.807, 2.05) is 24.3 Å². The van der Waals surface area contributed by atoms with Crippen LogP contribution in [0.1, 0.15) is 16.8 Å². The maximum atomic E-state index is 11.4. The molecule has 26 heavy (non-hydrogen) atoms. The second-order valence-electron chi connectivity index (χ2n) is 6.56. The summed E-state index contributed by atoms with van der Waals surface area (Å²) in [5.74, 6) is 0.865. The third-order valence-corrected chi connectivity index (χ3v) is 5.13. The molecule has 0 spiro atoms. The quantitative estimate of drug-likeness (QED) is 0.535. The summed E-state index contributed by atoms with van der Waals surface area (Å²) in [7, 11) is 0. The Hall–Kier alpha value is -3.20. The molecule has 0 aliphatic carbocycles. The van der Waals surface area contributed by atoms with Gasteiger partial charge in [-0.1, -0.05) is 17.3 Å². The zero-order valence-corrected chi connectivity index (χ0v) is 13.7. The predicted molar refractivity (Wildman–Crippen MR) is 92.2 cm³/mol. The van der Waals surface area contributed by atoms with Crippen LogP contribution in [0.25, 0.3) is 11.0 Å². The summed E-state index contributed by atoms with van der Waals surface area (Å²) in [6.07, 6.45) is 3.84. The van der Waals surface area contributed by atoms with Crippen LogP contribution in [0.3, 0.4) is 0 Å². The van der Waals surface area contributed by atoms with Crippen molar-refractivity contribution in [3.8, 4) is 0 Å². The zero-order chi connectivity index (χ0) is 17.7. The van der Waals surface area contributed by atoms with Gasteiger partial charge in [0.2, 0.25) is 5.95 Å². The largest absolute Gasteiger partial charge is 0.354 e. The van der Waals surface area contributed by atoms with E-state index in [-0.39, 0.29) is 11.6 Å². The van der Waals surface area contributed by atoms with Crippen LogP contribution in [0.5, 0.6) is 0 Å². The van der Waals surface area contributed by atoms with E-state index in [0.717, 1.165) is 36.3 Å². The highest BCUT2D eigenvalue weighted by molar-refractivity contribution is 5.92. The van der Waals surface area contributed by atoms with Crippen molar-refractivity contribution in [1.29, 1.82) is 0 Å². The summed E-state index contributed by atoms with van der Waals surface area (Å²) in [5, 5.41) is 14.0. The first-order valence-electron chi connectivity index (χ1n) is 8.39. The van der Waals surface area contributed by atoms with E-state index in [1.54, 1.807) is 5.48 Å². The van der Waals surface area contributed by atoms with Gasteiger partial charge in [0.05, 0.1) is 23.0 Å². The highest BCUT2D eigenvalue weighted by Crippen LogP contribution is 2.38. The predicted octanol–water partition coefficient (Wildman–Crippen LogP) is 1.20. The van der Waals surface area contributed by atoms with Gasteiger partial charge < -0.3 is 14.3 Å². The fourth-order valence-electron chi connectivity index (χ4n) is 3.90. The molecule has 2 saturated heterocycles. The molecule has 2 atom stereocenters. The summed E-state index contributed by atoms with van der Waals surface area (Å²) >= 11 is 0. The van der Waals surface area contributed by atoms with Gasteiger partial charge in [0.1, 0.15) is 0 Å². The van der Waals surface area contributed by atoms with Crippen LogP contribution in [-0.2, 0) is 0 Å². The number of fused-ring (bicyclic) bond motifs is 3. The summed E-state index contributed by atoms with van der Waals surface area (Å²) in [6.45, 7) is 1.61. The first-order chi connectivity index (χ1) is 12.7. The minimum atomic E-state index is -0.622. The molecule has 2 aliphatic heterocycles. The Labute approximate surface area is 148 Å². The molecule has 2 fully saturated rings. The number of para-hydroxylation sites is 1. The molecule has 2 N–H and O–H groups in total. The molecule has 3 aromatic rings. The van der Waals surface area contributed by atoms with E-state index < -0.39 is 5.91 Å². The van der Waals surface area contributed by atoms with Crippen LogP contribution in [0.15, 0.2) is 41.2 Å². The number of benzene rings is 1. The van der Waals surface area contributed by atoms with Crippen molar-refractivity contribution in [2.45, 2.75) is 18.5 Å². The minimum Gasteiger partial charge on any atom is -0.354 e. The summed E-state index contributed by atoms with van der Waals surface area (Å²) in [6, 6.07) is 8.48. The lowest BCUT2D eigenvalue weighted by Crippen LogP contribution is -2.47. The first-order valence-corrected chi connectivity index (χ1v) is 8.39. The maximum Gasteiger partial charge on any atom is 0.277 e. The van der Waals surface area contributed by atoms with Gasteiger partial charge in [0.25, 0.3) is 5.91 Å². The Morgan fingerprint density at radius 1 is 1.15 bits per heavy atom. The molecule has 1 aromatic carbocycles. The van der Waals surface area contributed by atoms with Crippen molar-refractivity contribution in [2.24, 2.45) is 0 Å². The molecular formula is C17H16N6O3. The molecule has 2 aliphatic rings. The summed E-state index contributed by atoms with van der Waals surface area (Å²) < 4.78 is 5.44. The number of aromatic nitrogens is 3. The van der Waals surface area contributed by atoms with Crippen molar-refractivity contribution < 1.29 is 14.5 Å². The van der Waals surface area contributed by atoms with Crippen molar-refractivity contribution >= 4 is 28.6 Å². The number of hydroxylamine groups is 1. The Morgan fingerprint density at radius 3 is 2.62 bits per heavy atom. The normalized spacial score (nSPS) is 21.6. The van der Waals surface area contributed by atoms with Crippen molar-refractivity contribution in [3.05, 3.63) is 42.2 Å². The molecule has 2 unspecified atom stereocenters.